The molecular formula is C22H29N5O. The molecule has 4 rings (SSSR count). The van der Waals surface area contributed by atoms with Gasteiger partial charge in [-0.05, 0) is 31.7 Å². The van der Waals surface area contributed by atoms with Crippen LogP contribution in [0.2, 0.25) is 0 Å². The van der Waals surface area contributed by atoms with E-state index in [1.807, 2.05) is 15.3 Å². The molecule has 148 valence electrons. The molecule has 28 heavy (non-hydrogen) atoms. The molecule has 1 unspecified atom stereocenters. The number of aromatic nitrogens is 4. The molecular weight excluding hydrogens is 350 g/mol. The zero-order valence-electron chi connectivity index (χ0n) is 17.2. The fourth-order valence-electron chi connectivity index (χ4n) is 4.14. The summed E-state index contributed by atoms with van der Waals surface area (Å²) in [4.78, 5) is 20.6. The third-order valence-electron chi connectivity index (χ3n) is 5.50. The van der Waals surface area contributed by atoms with Crippen LogP contribution in [0.1, 0.15) is 57.6 Å². The summed E-state index contributed by atoms with van der Waals surface area (Å²) in [5.41, 5.74) is 2.04. The average Bonchev–Trinajstić information content (AvgIpc) is 3.09. The number of hydrogen-bond acceptors (Lipinski definition) is 4. The fraction of sp³-hybridized carbons (Fsp3) is 0.500. The van der Waals surface area contributed by atoms with Gasteiger partial charge in [-0.15, -0.1) is 0 Å². The van der Waals surface area contributed by atoms with Gasteiger partial charge in [-0.2, -0.15) is 5.10 Å². The predicted molar refractivity (Wildman–Crippen MR) is 111 cm³/mol. The molecule has 0 aliphatic carbocycles. The minimum Gasteiger partial charge on any atom is -0.293 e. The van der Waals surface area contributed by atoms with Crippen molar-refractivity contribution in [1.29, 1.82) is 0 Å². The number of fused-ring (bicyclic) bond motifs is 2. The SMILES string of the molecule is CC(C)CC1c2nc3c(cnn3C(C)C)c(=O)n2CCN1Cc1ccccc1. The molecule has 0 radical (unpaired) electrons. The summed E-state index contributed by atoms with van der Waals surface area (Å²) in [5.74, 6) is 1.40. The van der Waals surface area contributed by atoms with Crippen molar-refractivity contribution in [3.8, 4) is 0 Å². The zero-order chi connectivity index (χ0) is 19.8. The number of nitrogens with zero attached hydrogens (tertiary/aromatic N) is 5. The highest BCUT2D eigenvalue weighted by Gasteiger charge is 2.31. The van der Waals surface area contributed by atoms with Gasteiger partial charge in [0, 0.05) is 25.7 Å². The van der Waals surface area contributed by atoms with Crippen molar-refractivity contribution in [2.75, 3.05) is 6.54 Å². The van der Waals surface area contributed by atoms with Gasteiger partial charge in [0.15, 0.2) is 5.65 Å². The van der Waals surface area contributed by atoms with Gasteiger partial charge in [0.25, 0.3) is 5.56 Å². The van der Waals surface area contributed by atoms with Crippen LogP contribution in [-0.2, 0) is 13.1 Å². The maximum atomic E-state index is 13.2. The predicted octanol–water partition coefficient (Wildman–Crippen LogP) is 3.78. The van der Waals surface area contributed by atoms with Crippen LogP contribution in [0.5, 0.6) is 0 Å². The van der Waals surface area contributed by atoms with Gasteiger partial charge in [-0.1, -0.05) is 44.2 Å². The molecule has 2 aromatic heterocycles. The molecule has 3 aromatic rings. The quantitative estimate of drug-likeness (QED) is 0.677. The van der Waals surface area contributed by atoms with Gasteiger partial charge in [-0.25, -0.2) is 9.67 Å². The summed E-state index contributed by atoms with van der Waals surface area (Å²) in [7, 11) is 0. The Balaban J connectivity index is 1.81. The lowest BCUT2D eigenvalue weighted by molar-refractivity contribution is 0.121. The minimum atomic E-state index is 0.0417. The van der Waals surface area contributed by atoms with Gasteiger partial charge in [0.1, 0.15) is 11.2 Å². The Morgan fingerprint density at radius 3 is 2.54 bits per heavy atom. The monoisotopic (exact) mass is 379 g/mol. The van der Waals surface area contributed by atoms with Crippen LogP contribution >= 0.6 is 0 Å². The Morgan fingerprint density at radius 1 is 1.11 bits per heavy atom. The maximum absolute atomic E-state index is 13.2. The van der Waals surface area contributed by atoms with Crippen LogP contribution in [0.4, 0.5) is 0 Å². The summed E-state index contributed by atoms with van der Waals surface area (Å²) < 4.78 is 3.74. The van der Waals surface area contributed by atoms with Crippen LogP contribution < -0.4 is 5.56 Å². The van der Waals surface area contributed by atoms with E-state index in [0.29, 0.717) is 23.5 Å². The Hall–Kier alpha value is -2.47. The minimum absolute atomic E-state index is 0.0417. The number of benzene rings is 1. The van der Waals surface area contributed by atoms with Crippen LogP contribution in [0.3, 0.4) is 0 Å². The number of rotatable bonds is 5. The molecule has 0 saturated carbocycles. The molecule has 0 bridgehead atoms. The summed E-state index contributed by atoms with van der Waals surface area (Å²) in [5, 5.41) is 5.05. The summed E-state index contributed by atoms with van der Waals surface area (Å²) in [6, 6.07) is 10.8. The Kier molecular flexibility index (Phi) is 5.06. The van der Waals surface area contributed by atoms with Gasteiger partial charge in [0.05, 0.1) is 12.2 Å². The first-order valence-electron chi connectivity index (χ1n) is 10.2. The second-order valence-electron chi connectivity index (χ2n) is 8.45. The lowest BCUT2D eigenvalue weighted by Gasteiger charge is -2.38. The van der Waals surface area contributed by atoms with Crippen LogP contribution in [0.25, 0.3) is 11.0 Å². The lowest BCUT2D eigenvalue weighted by Crippen LogP contribution is -2.43. The Morgan fingerprint density at radius 2 is 1.86 bits per heavy atom. The molecule has 0 amide bonds. The van der Waals surface area contributed by atoms with E-state index in [1.165, 1.54) is 5.56 Å². The highest BCUT2D eigenvalue weighted by atomic mass is 16.1. The maximum Gasteiger partial charge on any atom is 0.264 e. The lowest BCUT2D eigenvalue weighted by atomic mass is 9.99. The van der Waals surface area contributed by atoms with E-state index in [0.717, 1.165) is 25.3 Å². The largest absolute Gasteiger partial charge is 0.293 e. The molecule has 0 spiro atoms. The molecule has 0 N–H and O–H groups in total. The molecule has 3 heterocycles. The highest BCUT2D eigenvalue weighted by Crippen LogP contribution is 2.31. The van der Waals surface area contributed by atoms with Crippen molar-refractivity contribution in [3.63, 3.8) is 0 Å². The zero-order valence-corrected chi connectivity index (χ0v) is 17.2. The van der Waals surface area contributed by atoms with Crippen molar-refractivity contribution in [1.82, 2.24) is 24.2 Å². The van der Waals surface area contributed by atoms with Crippen LogP contribution in [0.15, 0.2) is 41.3 Å². The first-order chi connectivity index (χ1) is 13.5. The smallest absolute Gasteiger partial charge is 0.264 e. The van der Waals surface area contributed by atoms with E-state index < -0.39 is 0 Å². The topological polar surface area (TPSA) is 56.0 Å². The van der Waals surface area contributed by atoms with Crippen LogP contribution in [0, 0.1) is 5.92 Å². The average molecular weight is 380 g/mol. The van der Waals surface area contributed by atoms with E-state index in [4.69, 9.17) is 4.98 Å². The van der Waals surface area contributed by atoms with Crippen molar-refractivity contribution in [2.45, 2.75) is 59.3 Å². The standard InChI is InChI=1S/C22H29N5O/c1-15(2)12-19-21-24-20-18(13-23-27(20)16(3)4)22(28)26(21)11-10-25(19)14-17-8-6-5-7-9-17/h5-9,13,15-16,19H,10-12,14H2,1-4H3. The summed E-state index contributed by atoms with van der Waals surface area (Å²) in [6.07, 6.45) is 2.65. The van der Waals surface area contributed by atoms with Gasteiger partial charge in [0.2, 0.25) is 0 Å². The normalized spacial score (nSPS) is 17.6. The summed E-state index contributed by atoms with van der Waals surface area (Å²) >= 11 is 0. The molecule has 6 heteroatoms. The second-order valence-corrected chi connectivity index (χ2v) is 8.45. The van der Waals surface area contributed by atoms with E-state index in [1.54, 1.807) is 6.20 Å². The highest BCUT2D eigenvalue weighted by molar-refractivity contribution is 5.73. The van der Waals surface area contributed by atoms with E-state index >= 15 is 0 Å². The fourth-order valence-corrected chi connectivity index (χ4v) is 4.14. The first kappa shape index (κ1) is 18.9. The van der Waals surface area contributed by atoms with E-state index in [-0.39, 0.29) is 17.6 Å². The molecule has 6 nitrogen and oxygen atoms in total. The number of hydrogen-bond donors (Lipinski definition) is 0. The van der Waals surface area contributed by atoms with Gasteiger partial charge < -0.3 is 0 Å². The van der Waals surface area contributed by atoms with Crippen molar-refractivity contribution >= 4 is 11.0 Å². The third kappa shape index (κ3) is 3.37. The molecule has 1 aliphatic rings. The van der Waals surface area contributed by atoms with E-state index in [9.17, 15) is 4.79 Å². The van der Waals surface area contributed by atoms with Gasteiger partial charge in [-0.3, -0.25) is 14.3 Å². The Labute approximate surface area is 165 Å². The molecule has 1 atom stereocenters. The van der Waals surface area contributed by atoms with Gasteiger partial charge >= 0.3 is 0 Å². The first-order valence-corrected chi connectivity index (χ1v) is 10.2. The Bertz CT molecular complexity index is 1020. The molecule has 0 fully saturated rings. The second kappa shape index (κ2) is 7.51. The summed E-state index contributed by atoms with van der Waals surface area (Å²) in [6.45, 7) is 11.0. The molecule has 1 aliphatic heterocycles. The van der Waals surface area contributed by atoms with Crippen LogP contribution in [-0.4, -0.2) is 30.8 Å². The van der Waals surface area contributed by atoms with Crippen molar-refractivity contribution < 1.29 is 0 Å². The van der Waals surface area contributed by atoms with Crippen molar-refractivity contribution in [2.24, 2.45) is 5.92 Å². The van der Waals surface area contributed by atoms with Crippen molar-refractivity contribution in [3.05, 3.63) is 58.3 Å². The molecule has 0 saturated heterocycles. The third-order valence-corrected chi connectivity index (χ3v) is 5.50. The molecule has 1 aromatic carbocycles. The van der Waals surface area contributed by atoms with E-state index in [2.05, 4.69) is 62.0 Å².